The number of hydrogen-bond acceptors (Lipinski definition) is 6. The lowest BCUT2D eigenvalue weighted by atomic mass is 10.4. The second-order valence-corrected chi connectivity index (χ2v) is 7.45. The summed E-state index contributed by atoms with van der Waals surface area (Å²) >= 11 is 0. The van der Waals surface area contributed by atoms with E-state index in [1.807, 2.05) is 11.8 Å². The van der Waals surface area contributed by atoms with Gasteiger partial charge in [0.2, 0.25) is 16.0 Å². The smallest absolute Gasteiger partial charge is 0.225 e. The molecule has 1 fully saturated rings. The zero-order valence-corrected chi connectivity index (χ0v) is 13.4. The molecule has 21 heavy (non-hydrogen) atoms. The molecule has 0 bridgehead atoms. The van der Waals surface area contributed by atoms with E-state index in [0.29, 0.717) is 38.7 Å². The van der Waals surface area contributed by atoms with Crippen LogP contribution in [0.15, 0.2) is 18.5 Å². The van der Waals surface area contributed by atoms with E-state index in [-0.39, 0.29) is 0 Å². The van der Waals surface area contributed by atoms with Crippen molar-refractivity contribution in [2.75, 3.05) is 44.2 Å². The van der Waals surface area contributed by atoms with Gasteiger partial charge in [0.25, 0.3) is 0 Å². The number of sulfonamides is 1. The third kappa shape index (κ3) is 3.90. The van der Waals surface area contributed by atoms with Crippen LogP contribution in [0, 0.1) is 0 Å². The third-order valence-electron chi connectivity index (χ3n) is 3.62. The lowest BCUT2D eigenvalue weighted by Gasteiger charge is -2.35. The number of aromatic nitrogens is 2. The maximum absolute atomic E-state index is 12.5. The maximum atomic E-state index is 12.5. The summed E-state index contributed by atoms with van der Waals surface area (Å²) in [5.74, 6) is 0.662. The van der Waals surface area contributed by atoms with Crippen LogP contribution in [-0.4, -0.2) is 67.2 Å². The summed E-state index contributed by atoms with van der Waals surface area (Å²) in [6, 6.07) is 1.77. The molecule has 118 valence electrons. The van der Waals surface area contributed by atoms with E-state index >= 15 is 0 Å². The minimum atomic E-state index is -3.24. The number of anilines is 1. The molecular formula is C13H23N5O2S. The minimum Gasteiger partial charge on any atom is -0.338 e. The molecule has 7 nitrogen and oxygen atoms in total. The van der Waals surface area contributed by atoms with E-state index in [2.05, 4.69) is 15.3 Å². The minimum absolute atomic E-state index is 0.406. The van der Waals surface area contributed by atoms with Gasteiger partial charge in [-0.1, -0.05) is 6.92 Å². The quantitative estimate of drug-likeness (QED) is 0.792. The van der Waals surface area contributed by atoms with Gasteiger partial charge in [-0.05, 0) is 19.5 Å². The Kier molecular flexibility index (Phi) is 5.49. The molecule has 1 aliphatic heterocycles. The zero-order valence-electron chi connectivity index (χ0n) is 12.6. The molecule has 1 aliphatic rings. The first kappa shape index (κ1) is 16.1. The number of rotatable bonds is 6. The number of nitrogens with one attached hydrogen (secondary N) is 1. The van der Waals surface area contributed by atoms with Gasteiger partial charge in [0.1, 0.15) is 0 Å². The molecule has 0 aliphatic carbocycles. The van der Waals surface area contributed by atoms with Crippen molar-refractivity contribution < 1.29 is 8.42 Å². The van der Waals surface area contributed by atoms with Gasteiger partial charge in [0, 0.05) is 45.1 Å². The molecule has 1 N–H and O–H groups in total. The van der Waals surface area contributed by atoms with Crippen molar-refractivity contribution in [1.29, 1.82) is 0 Å². The molecule has 1 aromatic rings. The molecule has 0 radical (unpaired) electrons. The van der Waals surface area contributed by atoms with Gasteiger partial charge < -0.3 is 10.2 Å². The summed E-state index contributed by atoms with van der Waals surface area (Å²) in [5, 5.41) is 2.69. The summed E-state index contributed by atoms with van der Waals surface area (Å²) < 4.78 is 26.5. The highest BCUT2D eigenvalue weighted by atomic mass is 32.2. The van der Waals surface area contributed by atoms with E-state index in [0.717, 1.165) is 6.54 Å². The standard InChI is InChI=1S/C13H23N5O2S/c1-3-14-11-12(2)21(19,20)18-9-7-17(8-10-18)13-15-5-4-6-16-13/h4-6,12,14H,3,7-11H2,1-2H3. The van der Waals surface area contributed by atoms with Crippen molar-refractivity contribution in [2.24, 2.45) is 0 Å². The van der Waals surface area contributed by atoms with Crippen LogP contribution in [0.5, 0.6) is 0 Å². The van der Waals surface area contributed by atoms with Gasteiger partial charge >= 0.3 is 0 Å². The lowest BCUT2D eigenvalue weighted by molar-refractivity contribution is 0.376. The molecule has 1 aromatic heterocycles. The second kappa shape index (κ2) is 7.15. The highest BCUT2D eigenvalue weighted by molar-refractivity contribution is 7.89. The molecule has 1 unspecified atom stereocenters. The van der Waals surface area contributed by atoms with Gasteiger partial charge in [0.05, 0.1) is 5.25 Å². The Hall–Kier alpha value is -1.25. The van der Waals surface area contributed by atoms with Crippen LogP contribution in [0.25, 0.3) is 0 Å². The molecule has 8 heteroatoms. The molecule has 1 saturated heterocycles. The average Bonchev–Trinajstić information content (AvgIpc) is 2.53. The predicted octanol–water partition coefficient (Wildman–Crippen LogP) is -0.0736. The maximum Gasteiger partial charge on any atom is 0.225 e. The van der Waals surface area contributed by atoms with Gasteiger partial charge in [0.15, 0.2) is 0 Å². The molecule has 0 saturated carbocycles. The topological polar surface area (TPSA) is 78.4 Å². The fourth-order valence-electron chi connectivity index (χ4n) is 2.30. The molecular weight excluding hydrogens is 290 g/mol. The first-order chi connectivity index (χ1) is 10.1. The lowest BCUT2D eigenvalue weighted by Crippen LogP contribution is -2.52. The predicted molar refractivity (Wildman–Crippen MR) is 82.7 cm³/mol. The molecule has 2 rings (SSSR count). The van der Waals surface area contributed by atoms with Crippen LogP contribution in [0.2, 0.25) is 0 Å². The van der Waals surface area contributed by atoms with Crippen LogP contribution in [0.1, 0.15) is 13.8 Å². The largest absolute Gasteiger partial charge is 0.338 e. The van der Waals surface area contributed by atoms with Crippen LogP contribution >= 0.6 is 0 Å². The van der Waals surface area contributed by atoms with Crippen molar-refractivity contribution >= 4 is 16.0 Å². The van der Waals surface area contributed by atoms with Crippen molar-refractivity contribution in [3.8, 4) is 0 Å². The second-order valence-electron chi connectivity index (χ2n) is 5.10. The summed E-state index contributed by atoms with van der Waals surface area (Å²) in [6.45, 7) is 7.20. The van der Waals surface area contributed by atoms with Crippen molar-refractivity contribution in [3.05, 3.63) is 18.5 Å². The average molecular weight is 313 g/mol. The van der Waals surface area contributed by atoms with Crippen LogP contribution < -0.4 is 10.2 Å². The Balaban J connectivity index is 1.94. The summed E-state index contributed by atoms with van der Waals surface area (Å²) in [5.41, 5.74) is 0. The number of piperazine rings is 1. The normalized spacial score (nSPS) is 18.7. The SMILES string of the molecule is CCNCC(C)S(=O)(=O)N1CCN(c2ncccn2)CC1. The van der Waals surface area contributed by atoms with Crippen molar-refractivity contribution in [2.45, 2.75) is 19.1 Å². The molecule has 0 amide bonds. The Morgan fingerprint density at radius 1 is 1.24 bits per heavy atom. The first-order valence-electron chi connectivity index (χ1n) is 7.27. The monoisotopic (exact) mass is 313 g/mol. The Morgan fingerprint density at radius 3 is 2.43 bits per heavy atom. The summed E-state index contributed by atoms with van der Waals surface area (Å²) in [7, 11) is -3.24. The Morgan fingerprint density at radius 2 is 1.86 bits per heavy atom. The van der Waals surface area contributed by atoms with E-state index in [1.165, 1.54) is 0 Å². The van der Waals surface area contributed by atoms with Gasteiger partial charge in [-0.15, -0.1) is 0 Å². The Labute approximate surface area is 126 Å². The first-order valence-corrected chi connectivity index (χ1v) is 8.77. The highest BCUT2D eigenvalue weighted by Gasteiger charge is 2.31. The molecule has 2 heterocycles. The number of hydrogen-bond donors (Lipinski definition) is 1. The van der Waals surface area contributed by atoms with Crippen LogP contribution in [0.4, 0.5) is 5.95 Å². The zero-order chi connectivity index (χ0) is 15.3. The van der Waals surface area contributed by atoms with E-state index in [1.54, 1.807) is 29.7 Å². The molecule has 0 spiro atoms. The van der Waals surface area contributed by atoms with Crippen molar-refractivity contribution in [3.63, 3.8) is 0 Å². The fourth-order valence-corrected chi connectivity index (χ4v) is 3.81. The molecule has 1 atom stereocenters. The summed E-state index contributed by atoms with van der Waals surface area (Å²) in [4.78, 5) is 10.4. The van der Waals surface area contributed by atoms with Crippen LogP contribution in [0.3, 0.4) is 0 Å². The van der Waals surface area contributed by atoms with E-state index < -0.39 is 15.3 Å². The fraction of sp³-hybridized carbons (Fsp3) is 0.692. The summed E-state index contributed by atoms with van der Waals surface area (Å²) in [6.07, 6.45) is 3.40. The highest BCUT2D eigenvalue weighted by Crippen LogP contribution is 2.15. The van der Waals surface area contributed by atoms with Crippen molar-refractivity contribution in [1.82, 2.24) is 19.6 Å². The van der Waals surface area contributed by atoms with Gasteiger partial charge in [-0.25, -0.2) is 18.4 Å². The van der Waals surface area contributed by atoms with Crippen LogP contribution in [-0.2, 0) is 10.0 Å². The van der Waals surface area contributed by atoms with Gasteiger partial charge in [-0.2, -0.15) is 4.31 Å². The Bertz CT molecular complexity index is 529. The third-order valence-corrected chi connectivity index (χ3v) is 5.89. The molecule has 0 aromatic carbocycles. The van der Waals surface area contributed by atoms with E-state index in [9.17, 15) is 8.42 Å². The number of nitrogens with zero attached hydrogens (tertiary/aromatic N) is 4. The van der Waals surface area contributed by atoms with Gasteiger partial charge in [-0.3, -0.25) is 0 Å². The van der Waals surface area contributed by atoms with E-state index in [4.69, 9.17) is 0 Å².